The van der Waals surface area contributed by atoms with Crippen molar-refractivity contribution in [2.24, 2.45) is 0 Å². The van der Waals surface area contributed by atoms with Crippen LogP contribution in [0.3, 0.4) is 0 Å². The SMILES string of the molecule is Cc1cc(NC(CC(=O)c2ccc(Cl)cc2)c2ccc(Cl)c(Cl)c2)no1. The molecule has 1 atom stereocenters. The standard InChI is InChI=1S/C19H15Cl3N2O2/c1-11-8-19(24-26-11)23-17(13-4-7-15(21)16(22)9-13)10-18(25)12-2-5-14(20)6-3-12/h2-9,17H,10H2,1H3,(H,23,24). The normalized spacial score (nSPS) is 12.0. The predicted molar refractivity (Wildman–Crippen MR) is 104 cm³/mol. The Bertz CT molecular complexity index is 923. The topological polar surface area (TPSA) is 55.1 Å². The quantitative estimate of drug-likeness (QED) is 0.481. The van der Waals surface area contributed by atoms with Gasteiger partial charge in [0.2, 0.25) is 0 Å². The molecule has 1 aromatic heterocycles. The van der Waals surface area contributed by atoms with E-state index in [4.69, 9.17) is 39.3 Å². The molecule has 1 unspecified atom stereocenters. The smallest absolute Gasteiger partial charge is 0.170 e. The molecule has 1 N–H and O–H groups in total. The van der Waals surface area contributed by atoms with E-state index in [1.54, 1.807) is 49.4 Å². The molecule has 7 heteroatoms. The third-order valence-electron chi connectivity index (χ3n) is 3.85. The number of benzene rings is 2. The van der Waals surface area contributed by atoms with Gasteiger partial charge in [0.1, 0.15) is 5.76 Å². The lowest BCUT2D eigenvalue weighted by Gasteiger charge is -2.18. The Kier molecular flexibility index (Phi) is 5.87. The van der Waals surface area contributed by atoms with Crippen LogP contribution in [-0.2, 0) is 0 Å². The number of carbonyl (C=O) groups is 1. The molecular weight excluding hydrogens is 395 g/mol. The van der Waals surface area contributed by atoms with E-state index in [1.807, 2.05) is 6.07 Å². The second-order valence-electron chi connectivity index (χ2n) is 5.83. The van der Waals surface area contributed by atoms with E-state index >= 15 is 0 Å². The molecule has 0 aliphatic heterocycles. The Hall–Kier alpha value is -2.01. The Morgan fingerprint density at radius 1 is 1.08 bits per heavy atom. The Labute approximate surface area is 166 Å². The molecule has 0 saturated heterocycles. The van der Waals surface area contributed by atoms with Crippen LogP contribution in [0.5, 0.6) is 0 Å². The molecular formula is C19H15Cl3N2O2. The average Bonchev–Trinajstić information content (AvgIpc) is 3.02. The number of Topliss-reactive ketones (excluding diaryl/α,β-unsaturated/α-hetero) is 1. The zero-order valence-corrected chi connectivity index (χ0v) is 16.1. The predicted octanol–water partition coefficient (Wildman–Crippen LogP) is 6.37. The number of aryl methyl sites for hydroxylation is 1. The van der Waals surface area contributed by atoms with Gasteiger partial charge in [0.05, 0.1) is 16.1 Å². The van der Waals surface area contributed by atoms with Crippen molar-refractivity contribution in [3.05, 3.63) is 80.5 Å². The van der Waals surface area contributed by atoms with Gasteiger partial charge in [-0.05, 0) is 48.9 Å². The first-order chi connectivity index (χ1) is 12.4. The van der Waals surface area contributed by atoms with Gasteiger partial charge in [-0.15, -0.1) is 0 Å². The van der Waals surface area contributed by atoms with Crippen LogP contribution < -0.4 is 5.32 Å². The number of halogens is 3. The molecule has 0 radical (unpaired) electrons. The van der Waals surface area contributed by atoms with Crippen molar-refractivity contribution in [3.63, 3.8) is 0 Å². The van der Waals surface area contributed by atoms with E-state index in [-0.39, 0.29) is 18.2 Å². The summed E-state index contributed by atoms with van der Waals surface area (Å²) in [5, 5.41) is 8.62. The van der Waals surface area contributed by atoms with Crippen LogP contribution in [-0.4, -0.2) is 10.9 Å². The molecule has 0 fully saturated rings. The summed E-state index contributed by atoms with van der Waals surface area (Å²) in [5.74, 6) is 1.18. The summed E-state index contributed by atoms with van der Waals surface area (Å²) in [4.78, 5) is 12.7. The highest BCUT2D eigenvalue weighted by molar-refractivity contribution is 6.42. The fourth-order valence-electron chi connectivity index (χ4n) is 2.53. The molecule has 3 aromatic rings. The number of nitrogens with one attached hydrogen (secondary N) is 1. The number of rotatable bonds is 6. The van der Waals surface area contributed by atoms with E-state index in [9.17, 15) is 4.79 Å². The van der Waals surface area contributed by atoms with Crippen LogP contribution in [0.2, 0.25) is 15.1 Å². The fourth-order valence-corrected chi connectivity index (χ4v) is 2.97. The number of nitrogens with zero attached hydrogens (tertiary/aromatic N) is 1. The fraction of sp³-hybridized carbons (Fsp3) is 0.158. The van der Waals surface area contributed by atoms with Crippen molar-refractivity contribution in [2.45, 2.75) is 19.4 Å². The maximum Gasteiger partial charge on any atom is 0.170 e. The van der Waals surface area contributed by atoms with E-state index in [1.165, 1.54) is 0 Å². The van der Waals surface area contributed by atoms with Crippen LogP contribution in [0.15, 0.2) is 53.1 Å². The molecule has 1 heterocycles. The van der Waals surface area contributed by atoms with Gasteiger partial charge < -0.3 is 9.84 Å². The first-order valence-corrected chi connectivity index (χ1v) is 8.99. The van der Waals surface area contributed by atoms with Crippen molar-refractivity contribution in [2.75, 3.05) is 5.32 Å². The highest BCUT2D eigenvalue weighted by Gasteiger charge is 2.19. The highest BCUT2D eigenvalue weighted by atomic mass is 35.5. The molecule has 0 saturated carbocycles. The van der Waals surface area contributed by atoms with Gasteiger partial charge in [-0.1, -0.05) is 46.0 Å². The number of aromatic nitrogens is 1. The summed E-state index contributed by atoms with van der Waals surface area (Å²) in [6.45, 7) is 1.80. The summed E-state index contributed by atoms with van der Waals surface area (Å²) >= 11 is 18.0. The van der Waals surface area contributed by atoms with Gasteiger partial charge >= 0.3 is 0 Å². The second-order valence-corrected chi connectivity index (χ2v) is 7.08. The minimum absolute atomic E-state index is 0.0366. The summed E-state index contributed by atoms with van der Waals surface area (Å²) < 4.78 is 5.09. The molecule has 3 rings (SSSR count). The van der Waals surface area contributed by atoms with E-state index < -0.39 is 0 Å². The number of anilines is 1. The largest absolute Gasteiger partial charge is 0.360 e. The van der Waals surface area contributed by atoms with Gasteiger partial charge in [-0.2, -0.15) is 0 Å². The summed E-state index contributed by atoms with van der Waals surface area (Å²) in [7, 11) is 0. The Morgan fingerprint density at radius 3 is 2.42 bits per heavy atom. The maximum absolute atomic E-state index is 12.7. The number of ketones is 1. The second kappa shape index (κ2) is 8.12. The van der Waals surface area contributed by atoms with E-state index in [0.717, 1.165) is 5.56 Å². The molecule has 0 spiro atoms. The van der Waals surface area contributed by atoms with Gasteiger partial charge in [0.15, 0.2) is 11.6 Å². The van der Waals surface area contributed by atoms with Crippen LogP contribution in [0.1, 0.15) is 34.1 Å². The first kappa shape index (κ1) is 18.8. The van der Waals surface area contributed by atoms with Crippen molar-refractivity contribution >= 4 is 46.4 Å². The molecule has 134 valence electrons. The molecule has 26 heavy (non-hydrogen) atoms. The lowest BCUT2D eigenvalue weighted by Crippen LogP contribution is -2.16. The number of hydrogen-bond donors (Lipinski definition) is 1. The maximum atomic E-state index is 12.7. The number of hydrogen-bond acceptors (Lipinski definition) is 4. The van der Waals surface area contributed by atoms with Crippen LogP contribution in [0.25, 0.3) is 0 Å². The summed E-state index contributed by atoms with van der Waals surface area (Å²) in [6.07, 6.45) is 0.200. The third-order valence-corrected chi connectivity index (χ3v) is 4.84. The molecule has 4 nitrogen and oxygen atoms in total. The summed E-state index contributed by atoms with van der Waals surface area (Å²) in [5.41, 5.74) is 1.40. The monoisotopic (exact) mass is 408 g/mol. The van der Waals surface area contributed by atoms with Crippen molar-refractivity contribution in [1.82, 2.24) is 5.16 Å². The molecule has 0 bridgehead atoms. The third kappa shape index (κ3) is 4.58. The van der Waals surface area contributed by atoms with E-state index in [2.05, 4.69) is 10.5 Å². The zero-order chi connectivity index (χ0) is 18.7. The lowest BCUT2D eigenvalue weighted by atomic mass is 9.98. The van der Waals surface area contributed by atoms with Gasteiger partial charge in [0.25, 0.3) is 0 Å². The van der Waals surface area contributed by atoms with Gasteiger partial charge in [0, 0.05) is 23.1 Å². The molecule has 0 aliphatic rings. The molecule has 0 amide bonds. The van der Waals surface area contributed by atoms with Crippen molar-refractivity contribution < 1.29 is 9.32 Å². The van der Waals surface area contributed by atoms with Gasteiger partial charge in [-0.3, -0.25) is 4.79 Å². The van der Waals surface area contributed by atoms with Crippen LogP contribution in [0, 0.1) is 6.92 Å². The van der Waals surface area contributed by atoms with Crippen LogP contribution in [0.4, 0.5) is 5.82 Å². The Balaban J connectivity index is 1.87. The zero-order valence-electron chi connectivity index (χ0n) is 13.8. The molecule has 0 aliphatic carbocycles. The van der Waals surface area contributed by atoms with Crippen LogP contribution >= 0.6 is 34.8 Å². The molecule has 2 aromatic carbocycles. The van der Waals surface area contributed by atoms with Gasteiger partial charge in [-0.25, -0.2) is 0 Å². The van der Waals surface area contributed by atoms with Crippen molar-refractivity contribution in [1.29, 1.82) is 0 Å². The minimum Gasteiger partial charge on any atom is -0.360 e. The minimum atomic E-state index is -0.350. The van der Waals surface area contributed by atoms with E-state index in [0.29, 0.717) is 32.2 Å². The lowest BCUT2D eigenvalue weighted by molar-refractivity contribution is 0.0976. The summed E-state index contributed by atoms with van der Waals surface area (Å²) in [6, 6.07) is 13.5. The van der Waals surface area contributed by atoms with Crippen molar-refractivity contribution in [3.8, 4) is 0 Å². The average molecular weight is 410 g/mol. The first-order valence-electron chi connectivity index (χ1n) is 7.86. The Morgan fingerprint density at radius 2 is 1.81 bits per heavy atom. The number of carbonyl (C=O) groups excluding carboxylic acids is 1. The highest BCUT2D eigenvalue weighted by Crippen LogP contribution is 2.30.